The number of piperidine rings is 1. The second-order valence-corrected chi connectivity index (χ2v) is 9.40. The molecule has 0 aromatic carbocycles. The van der Waals surface area contributed by atoms with Crippen molar-refractivity contribution in [3.05, 3.63) is 29.6 Å². The summed E-state index contributed by atoms with van der Waals surface area (Å²) in [5.74, 6) is 0.992. The lowest BCUT2D eigenvalue weighted by molar-refractivity contribution is -0.141. The summed E-state index contributed by atoms with van der Waals surface area (Å²) in [6.45, 7) is 6.03. The molecule has 1 saturated heterocycles. The molecule has 3 rings (SSSR count). The van der Waals surface area contributed by atoms with E-state index in [-0.39, 0.29) is 28.6 Å². The third-order valence-electron chi connectivity index (χ3n) is 4.94. The van der Waals surface area contributed by atoms with E-state index in [2.05, 4.69) is 19.7 Å². The molecule has 0 unspecified atom stereocenters. The Kier molecular flexibility index (Phi) is 6.10. The number of aryl methyl sites for hydroxylation is 2. The van der Waals surface area contributed by atoms with E-state index >= 15 is 0 Å². The molecule has 166 valence electrons. The first-order valence-electron chi connectivity index (χ1n) is 9.60. The molecule has 2 aromatic heterocycles. The third kappa shape index (κ3) is 4.91. The molecular weight excluding hydrogens is 421 g/mol. The summed E-state index contributed by atoms with van der Waals surface area (Å²) in [6.07, 6.45) is -2.19. The zero-order valence-corrected chi connectivity index (χ0v) is 18.0. The summed E-state index contributed by atoms with van der Waals surface area (Å²) in [5.41, 5.74) is -0.982. The number of rotatable bonds is 5. The van der Waals surface area contributed by atoms with Gasteiger partial charge in [0.05, 0.1) is 0 Å². The average Bonchev–Trinajstić information content (AvgIpc) is 3.04. The predicted octanol–water partition coefficient (Wildman–Crippen LogP) is 2.61. The summed E-state index contributed by atoms with van der Waals surface area (Å²) in [7, 11) is -2.04. The van der Waals surface area contributed by atoms with Gasteiger partial charge in [-0.2, -0.15) is 13.2 Å². The van der Waals surface area contributed by atoms with Crippen molar-refractivity contribution in [2.24, 2.45) is 7.05 Å². The van der Waals surface area contributed by atoms with Crippen LogP contribution in [0.3, 0.4) is 0 Å². The average molecular weight is 446 g/mol. The van der Waals surface area contributed by atoms with E-state index < -0.39 is 21.9 Å². The first kappa shape index (κ1) is 22.5. The normalized spacial score (nSPS) is 16.5. The van der Waals surface area contributed by atoms with Crippen molar-refractivity contribution in [1.82, 2.24) is 24.2 Å². The summed E-state index contributed by atoms with van der Waals surface area (Å²) >= 11 is 0. The predicted molar refractivity (Wildman–Crippen MR) is 105 cm³/mol. The molecule has 0 atom stereocenters. The van der Waals surface area contributed by atoms with Crippen molar-refractivity contribution >= 4 is 15.8 Å². The van der Waals surface area contributed by atoms with Crippen molar-refractivity contribution in [1.29, 1.82) is 0 Å². The molecule has 8 nitrogen and oxygen atoms in total. The summed E-state index contributed by atoms with van der Waals surface area (Å²) in [4.78, 5) is 13.5. The van der Waals surface area contributed by atoms with Crippen LogP contribution in [0, 0.1) is 6.92 Å². The monoisotopic (exact) mass is 446 g/mol. The molecule has 2 aromatic rings. The zero-order valence-electron chi connectivity index (χ0n) is 17.2. The Bertz CT molecular complexity index is 1010. The number of nitrogens with zero attached hydrogens (tertiary/aromatic N) is 5. The Balaban J connectivity index is 1.68. The highest BCUT2D eigenvalue weighted by molar-refractivity contribution is 7.89. The molecule has 0 radical (unpaired) electrons. The van der Waals surface area contributed by atoms with E-state index in [1.54, 1.807) is 16.5 Å². The molecule has 0 spiro atoms. The minimum absolute atomic E-state index is 0.0302. The van der Waals surface area contributed by atoms with Crippen LogP contribution in [0.4, 0.5) is 19.0 Å². The third-order valence-corrected chi connectivity index (χ3v) is 6.33. The number of sulfonamides is 1. The Morgan fingerprint density at radius 1 is 1.17 bits per heavy atom. The summed E-state index contributed by atoms with van der Waals surface area (Å²) in [6, 6.07) is 0.597. The molecule has 1 N–H and O–H groups in total. The number of halogens is 3. The van der Waals surface area contributed by atoms with Gasteiger partial charge in [-0.1, -0.05) is 13.8 Å². The molecule has 1 fully saturated rings. The number of hydrogen-bond acceptors (Lipinski definition) is 6. The van der Waals surface area contributed by atoms with Crippen molar-refractivity contribution in [2.75, 3.05) is 18.0 Å². The molecule has 30 heavy (non-hydrogen) atoms. The van der Waals surface area contributed by atoms with Crippen LogP contribution in [0.1, 0.15) is 49.9 Å². The van der Waals surface area contributed by atoms with Crippen LogP contribution in [0.2, 0.25) is 0 Å². The second-order valence-electron chi connectivity index (χ2n) is 7.74. The van der Waals surface area contributed by atoms with E-state index in [4.69, 9.17) is 0 Å². The van der Waals surface area contributed by atoms with Gasteiger partial charge in [-0.3, -0.25) is 0 Å². The topological polar surface area (TPSA) is 93.0 Å². The lowest BCUT2D eigenvalue weighted by Crippen LogP contribution is -2.45. The highest BCUT2D eigenvalue weighted by Gasteiger charge is 2.34. The maximum absolute atomic E-state index is 13.0. The van der Waals surface area contributed by atoms with Crippen molar-refractivity contribution < 1.29 is 21.6 Å². The minimum Gasteiger partial charge on any atom is -0.356 e. The van der Waals surface area contributed by atoms with E-state index in [1.165, 1.54) is 13.1 Å². The van der Waals surface area contributed by atoms with Gasteiger partial charge < -0.3 is 9.47 Å². The first-order valence-corrected chi connectivity index (χ1v) is 11.1. The molecular formula is C18H25F3N6O2S. The van der Waals surface area contributed by atoms with Gasteiger partial charge in [-0.25, -0.2) is 28.1 Å². The van der Waals surface area contributed by atoms with Crippen LogP contribution in [0.15, 0.2) is 17.3 Å². The largest absolute Gasteiger partial charge is 0.433 e. The van der Waals surface area contributed by atoms with Gasteiger partial charge in [0.2, 0.25) is 0 Å². The van der Waals surface area contributed by atoms with Crippen LogP contribution in [0.5, 0.6) is 0 Å². The smallest absolute Gasteiger partial charge is 0.356 e. The number of hydrogen-bond donors (Lipinski definition) is 1. The molecule has 1 aliphatic rings. The van der Waals surface area contributed by atoms with Crippen LogP contribution >= 0.6 is 0 Å². The quantitative estimate of drug-likeness (QED) is 0.759. The number of nitrogens with one attached hydrogen (secondary N) is 1. The fourth-order valence-corrected chi connectivity index (χ4v) is 4.79. The van der Waals surface area contributed by atoms with Gasteiger partial charge in [-0.15, -0.1) is 0 Å². The van der Waals surface area contributed by atoms with Gasteiger partial charge in [-0.05, 0) is 19.8 Å². The highest BCUT2D eigenvalue weighted by atomic mass is 32.2. The van der Waals surface area contributed by atoms with Crippen LogP contribution in [-0.2, 0) is 23.2 Å². The van der Waals surface area contributed by atoms with Crippen LogP contribution in [0.25, 0.3) is 0 Å². The number of aromatic nitrogens is 4. The molecule has 1 aliphatic heterocycles. The Hall–Kier alpha value is -2.21. The van der Waals surface area contributed by atoms with Gasteiger partial charge >= 0.3 is 6.18 Å². The standard InChI is InChI=1S/C18H25F3N6O2S/c1-11(2)17-24-16(10-26(17)4)30(28,29)25-13-5-7-27(8-6-13)15-9-14(18(19,20)21)22-12(3)23-15/h9-11,13,25H,5-8H2,1-4H3. The van der Waals surface area contributed by atoms with Gasteiger partial charge in [0.25, 0.3) is 10.0 Å². The minimum atomic E-state index is -4.55. The number of anilines is 1. The van der Waals surface area contributed by atoms with E-state index in [9.17, 15) is 21.6 Å². The molecule has 3 heterocycles. The summed E-state index contributed by atoms with van der Waals surface area (Å²) < 4.78 is 68.8. The van der Waals surface area contributed by atoms with Crippen LogP contribution < -0.4 is 9.62 Å². The highest BCUT2D eigenvalue weighted by Crippen LogP contribution is 2.30. The molecule has 12 heteroatoms. The Morgan fingerprint density at radius 2 is 1.80 bits per heavy atom. The van der Waals surface area contributed by atoms with Crippen molar-refractivity contribution in [3.63, 3.8) is 0 Å². The van der Waals surface area contributed by atoms with Gasteiger partial charge in [0.15, 0.2) is 5.03 Å². The van der Waals surface area contributed by atoms with E-state index in [0.717, 1.165) is 6.07 Å². The molecule has 0 saturated carbocycles. The van der Waals surface area contributed by atoms with Gasteiger partial charge in [0.1, 0.15) is 23.2 Å². The maximum Gasteiger partial charge on any atom is 0.433 e. The zero-order chi connectivity index (χ0) is 22.3. The SMILES string of the molecule is Cc1nc(N2CCC(NS(=O)(=O)c3cn(C)c(C(C)C)n3)CC2)cc(C(F)(F)F)n1. The fraction of sp³-hybridized carbons (Fsp3) is 0.611. The number of alkyl halides is 3. The lowest BCUT2D eigenvalue weighted by atomic mass is 10.1. The van der Waals surface area contributed by atoms with Crippen molar-refractivity contribution in [3.8, 4) is 0 Å². The second kappa shape index (κ2) is 8.14. The maximum atomic E-state index is 13.0. The Labute approximate surface area is 173 Å². The van der Waals surface area contributed by atoms with E-state index in [0.29, 0.717) is 31.8 Å². The molecule has 0 aliphatic carbocycles. The van der Waals surface area contributed by atoms with Crippen LogP contribution in [-0.4, -0.2) is 47.1 Å². The van der Waals surface area contributed by atoms with Gasteiger partial charge in [0, 0.05) is 44.4 Å². The summed E-state index contributed by atoms with van der Waals surface area (Å²) in [5, 5.41) is -0.0302. The Morgan fingerprint density at radius 3 is 2.33 bits per heavy atom. The van der Waals surface area contributed by atoms with E-state index in [1.807, 2.05) is 13.8 Å². The molecule has 0 bridgehead atoms. The number of imidazole rings is 1. The molecule has 0 amide bonds. The fourth-order valence-electron chi connectivity index (χ4n) is 3.48. The lowest BCUT2D eigenvalue weighted by Gasteiger charge is -2.33. The first-order chi connectivity index (χ1) is 13.9. The van der Waals surface area contributed by atoms with Crippen molar-refractivity contribution in [2.45, 2.75) is 56.8 Å².